The van der Waals surface area contributed by atoms with Gasteiger partial charge >= 0.3 is 5.69 Å². The fourth-order valence-corrected chi connectivity index (χ4v) is 4.03. The van der Waals surface area contributed by atoms with Gasteiger partial charge in [-0.15, -0.1) is 0 Å². The van der Waals surface area contributed by atoms with Gasteiger partial charge in [0.05, 0.1) is 0 Å². The fourth-order valence-electron chi connectivity index (χ4n) is 3.86. The Labute approximate surface area is 198 Å². The lowest BCUT2D eigenvalue weighted by molar-refractivity contribution is -0.116. The van der Waals surface area contributed by atoms with Crippen LogP contribution in [0.25, 0.3) is 11.2 Å². The average Bonchev–Trinajstić information content (AvgIpc) is 3.13. The molecule has 2 heterocycles. The molecule has 0 bridgehead atoms. The predicted octanol–water partition coefficient (Wildman–Crippen LogP) is 4.41. The highest BCUT2D eigenvalue weighted by Gasteiger charge is 2.19. The van der Waals surface area contributed by atoms with E-state index in [-0.39, 0.29) is 12.3 Å². The van der Waals surface area contributed by atoms with Crippen molar-refractivity contribution in [3.63, 3.8) is 0 Å². The van der Waals surface area contributed by atoms with Crippen LogP contribution in [0.2, 0.25) is 5.02 Å². The van der Waals surface area contributed by atoms with Crippen LogP contribution in [-0.4, -0.2) is 25.0 Å². The lowest BCUT2D eigenvalue weighted by Gasteiger charge is -2.10. The molecule has 9 heteroatoms. The molecule has 33 heavy (non-hydrogen) atoms. The Morgan fingerprint density at radius 1 is 1.09 bits per heavy atom. The first kappa shape index (κ1) is 24.8. The van der Waals surface area contributed by atoms with Gasteiger partial charge in [-0.05, 0) is 37.5 Å². The van der Waals surface area contributed by atoms with Gasteiger partial charge in [0.1, 0.15) is 5.82 Å². The summed E-state index contributed by atoms with van der Waals surface area (Å²) in [7, 11) is 0. The number of imidazole rings is 1. The molecule has 8 nitrogen and oxygen atoms in total. The van der Waals surface area contributed by atoms with E-state index < -0.39 is 11.2 Å². The van der Waals surface area contributed by atoms with Crippen molar-refractivity contribution in [3.05, 3.63) is 55.4 Å². The predicted molar refractivity (Wildman–Crippen MR) is 132 cm³/mol. The Bertz CT molecular complexity index is 1240. The summed E-state index contributed by atoms with van der Waals surface area (Å²) in [6.07, 6.45) is 5.22. The summed E-state index contributed by atoms with van der Waals surface area (Å²) in [5, 5.41) is 3.46. The lowest BCUT2D eigenvalue weighted by Crippen LogP contribution is -2.31. The first-order chi connectivity index (χ1) is 15.8. The first-order valence-electron chi connectivity index (χ1n) is 11.6. The van der Waals surface area contributed by atoms with Crippen molar-refractivity contribution in [3.8, 4) is 0 Å². The number of carbonyl (C=O) groups is 1. The molecule has 0 aliphatic heterocycles. The topological polar surface area (TPSA) is 102 Å². The van der Waals surface area contributed by atoms with Crippen molar-refractivity contribution >= 4 is 34.4 Å². The Morgan fingerprint density at radius 2 is 1.82 bits per heavy atom. The minimum Gasteiger partial charge on any atom is -0.326 e. The van der Waals surface area contributed by atoms with Gasteiger partial charge in [-0.2, -0.15) is 0 Å². The number of unbranched alkanes of at least 4 members (excludes halogenated alkanes) is 3. The van der Waals surface area contributed by atoms with Gasteiger partial charge in [0.25, 0.3) is 5.56 Å². The highest BCUT2D eigenvalue weighted by atomic mass is 35.5. The molecule has 0 radical (unpaired) electrons. The molecule has 3 rings (SSSR count). The fraction of sp³-hybridized carbons (Fsp3) is 0.500. The number of hydrogen-bond acceptors (Lipinski definition) is 4. The van der Waals surface area contributed by atoms with E-state index in [9.17, 15) is 14.4 Å². The number of carbonyl (C=O) groups excluding carboxylic acids is 1. The molecule has 0 aliphatic rings. The molecule has 2 N–H and O–H groups in total. The molecule has 0 spiro atoms. The smallest absolute Gasteiger partial charge is 0.326 e. The summed E-state index contributed by atoms with van der Waals surface area (Å²) in [6, 6.07) is 5.36. The van der Waals surface area contributed by atoms with Crippen LogP contribution in [0.5, 0.6) is 0 Å². The molecule has 1 amide bonds. The number of rotatable bonds is 11. The third-order valence-corrected chi connectivity index (χ3v) is 5.97. The second-order valence-electron chi connectivity index (χ2n) is 8.33. The van der Waals surface area contributed by atoms with Crippen LogP contribution in [0, 0.1) is 6.92 Å². The van der Waals surface area contributed by atoms with E-state index in [4.69, 9.17) is 11.6 Å². The maximum atomic E-state index is 12.7. The molecular formula is C24H32ClN5O3. The zero-order valence-electron chi connectivity index (χ0n) is 19.5. The van der Waals surface area contributed by atoms with E-state index in [0.29, 0.717) is 47.2 Å². The molecule has 2 aromatic heterocycles. The van der Waals surface area contributed by atoms with Crippen molar-refractivity contribution < 1.29 is 4.79 Å². The first-order valence-corrected chi connectivity index (χ1v) is 12.0. The SMILES string of the molecule is CCCCCn1c(CCC(=O)Nc2cc(Cl)ccc2C)nc2c1c(=O)[nH]c(=O)n2CCCC. The van der Waals surface area contributed by atoms with Gasteiger partial charge < -0.3 is 9.88 Å². The molecular weight excluding hydrogens is 442 g/mol. The van der Waals surface area contributed by atoms with Gasteiger partial charge in [0.15, 0.2) is 11.2 Å². The maximum Gasteiger partial charge on any atom is 0.330 e. The van der Waals surface area contributed by atoms with E-state index >= 15 is 0 Å². The van der Waals surface area contributed by atoms with Crippen LogP contribution in [0.15, 0.2) is 27.8 Å². The standard InChI is InChI=1S/C24H32ClN5O3/c1-4-6-8-14-29-19(11-12-20(31)26-18-15-17(25)10-9-16(18)3)27-22-21(29)23(32)28-24(33)30(22)13-7-5-2/h9-10,15H,4-8,11-14H2,1-3H3,(H,26,31)(H,28,32,33). The number of aromatic nitrogens is 4. The van der Waals surface area contributed by atoms with Crippen molar-refractivity contribution in [2.75, 3.05) is 5.32 Å². The number of anilines is 1. The van der Waals surface area contributed by atoms with E-state index in [1.54, 1.807) is 12.1 Å². The maximum absolute atomic E-state index is 12.7. The summed E-state index contributed by atoms with van der Waals surface area (Å²) in [6.45, 7) is 7.17. The third kappa shape index (κ3) is 5.93. The summed E-state index contributed by atoms with van der Waals surface area (Å²) in [5.41, 5.74) is 1.52. The summed E-state index contributed by atoms with van der Waals surface area (Å²) in [4.78, 5) is 44.9. The van der Waals surface area contributed by atoms with Crippen LogP contribution >= 0.6 is 11.6 Å². The second kappa shape index (κ2) is 11.3. The Hall–Kier alpha value is -2.87. The van der Waals surface area contributed by atoms with Crippen molar-refractivity contribution in [1.29, 1.82) is 0 Å². The zero-order valence-corrected chi connectivity index (χ0v) is 20.3. The molecule has 0 aliphatic carbocycles. The minimum absolute atomic E-state index is 0.162. The van der Waals surface area contributed by atoms with Gasteiger partial charge in [-0.3, -0.25) is 19.1 Å². The monoisotopic (exact) mass is 473 g/mol. The lowest BCUT2D eigenvalue weighted by atomic mass is 10.2. The molecule has 0 atom stereocenters. The quantitative estimate of drug-likeness (QED) is 0.402. The molecule has 178 valence electrons. The average molecular weight is 474 g/mol. The van der Waals surface area contributed by atoms with E-state index in [1.807, 2.05) is 24.5 Å². The molecule has 0 saturated heterocycles. The summed E-state index contributed by atoms with van der Waals surface area (Å²) in [5.74, 6) is 0.477. The minimum atomic E-state index is -0.445. The van der Waals surface area contributed by atoms with E-state index in [0.717, 1.165) is 37.7 Å². The van der Waals surface area contributed by atoms with Crippen LogP contribution in [0.1, 0.15) is 63.8 Å². The normalized spacial score (nSPS) is 11.3. The number of hydrogen-bond donors (Lipinski definition) is 2. The number of aryl methyl sites for hydroxylation is 4. The number of fused-ring (bicyclic) bond motifs is 1. The van der Waals surface area contributed by atoms with Gasteiger partial charge in [-0.1, -0.05) is 50.8 Å². The summed E-state index contributed by atoms with van der Waals surface area (Å²) >= 11 is 6.05. The largest absolute Gasteiger partial charge is 0.330 e. The van der Waals surface area contributed by atoms with Crippen LogP contribution < -0.4 is 16.6 Å². The zero-order chi connectivity index (χ0) is 24.0. The molecule has 0 unspecified atom stereocenters. The van der Waals surface area contributed by atoms with Crippen molar-refractivity contribution in [2.45, 2.75) is 78.8 Å². The highest BCUT2D eigenvalue weighted by molar-refractivity contribution is 6.31. The van der Waals surface area contributed by atoms with Crippen LogP contribution in [-0.2, 0) is 24.3 Å². The Morgan fingerprint density at radius 3 is 2.55 bits per heavy atom. The molecule has 3 aromatic rings. The number of halogens is 1. The molecule has 1 aromatic carbocycles. The number of H-pyrrole nitrogens is 1. The van der Waals surface area contributed by atoms with Crippen molar-refractivity contribution in [2.24, 2.45) is 0 Å². The number of nitrogens with zero attached hydrogens (tertiary/aromatic N) is 3. The van der Waals surface area contributed by atoms with Crippen LogP contribution in [0.3, 0.4) is 0 Å². The third-order valence-electron chi connectivity index (χ3n) is 5.73. The number of aromatic amines is 1. The Kier molecular flexibility index (Phi) is 8.49. The number of amides is 1. The highest BCUT2D eigenvalue weighted by Crippen LogP contribution is 2.21. The summed E-state index contributed by atoms with van der Waals surface area (Å²) < 4.78 is 3.42. The van der Waals surface area contributed by atoms with Gasteiger partial charge in [-0.25, -0.2) is 9.78 Å². The van der Waals surface area contributed by atoms with Gasteiger partial charge in [0, 0.05) is 36.6 Å². The van der Waals surface area contributed by atoms with E-state index in [1.165, 1.54) is 4.57 Å². The van der Waals surface area contributed by atoms with Gasteiger partial charge in [0.2, 0.25) is 5.91 Å². The molecule has 0 fully saturated rings. The second-order valence-corrected chi connectivity index (χ2v) is 8.77. The number of benzene rings is 1. The number of nitrogens with one attached hydrogen (secondary N) is 2. The molecule has 0 saturated carbocycles. The van der Waals surface area contributed by atoms with E-state index in [2.05, 4.69) is 22.2 Å². The Balaban J connectivity index is 1.91. The van der Waals surface area contributed by atoms with Crippen molar-refractivity contribution in [1.82, 2.24) is 19.1 Å². The van der Waals surface area contributed by atoms with Crippen LogP contribution in [0.4, 0.5) is 5.69 Å².